The van der Waals surface area contributed by atoms with Gasteiger partial charge in [-0.3, -0.25) is 4.79 Å². The van der Waals surface area contributed by atoms with Crippen LogP contribution in [-0.2, 0) is 11.3 Å². The van der Waals surface area contributed by atoms with E-state index in [0.29, 0.717) is 50.8 Å². The first-order valence-corrected chi connectivity index (χ1v) is 12.0. The van der Waals surface area contributed by atoms with Gasteiger partial charge in [0, 0.05) is 31.7 Å². The molecule has 0 unspecified atom stereocenters. The molecule has 1 heterocycles. The maximum absolute atomic E-state index is 13.6. The molecule has 1 aliphatic rings. The summed E-state index contributed by atoms with van der Waals surface area (Å²) in [6, 6.07) is 23.6. The number of morpholine rings is 1. The molecule has 3 aromatic rings. The maximum atomic E-state index is 13.6. The van der Waals surface area contributed by atoms with Crippen LogP contribution in [0.2, 0.25) is 0 Å². The lowest BCUT2D eigenvalue weighted by molar-refractivity contribution is -0.0287. The Morgan fingerprint density at radius 1 is 1.03 bits per heavy atom. The van der Waals surface area contributed by atoms with E-state index in [4.69, 9.17) is 4.74 Å². The zero-order valence-electron chi connectivity index (χ0n) is 19.9. The molecular weight excluding hydrogens is 426 g/mol. The van der Waals surface area contributed by atoms with Crippen LogP contribution in [0.4, 0.5) is 4.79 Å². The van der Waals surface area contributed by atoms with Crippen molar-refractivity contribution in [3.8, 4) is 0 Å². The Bertz CT molecular complexity index is 1110. The van der Waals surface area contributed by atoms with Gasteiger partial charge < -0.3 is 19.9 Å². The lowest BCUT2D eigenvalue weighted by Crippen LogP contribution is -2.53. The molecule has 0 aromatic heterocycles. The summed E-state index contributed by atoms with van der Waals surface area (Å²) in [6.07, 6.45) is -0.228. The van der Waals surface area contributed by atoms with Gasteiger partial charge in [0.15, 0.2) is 0 Å². The van der Waals surface area contributed by atoms with Crippen LogP contribution in [0.3, 0.4) is 0 Å². The summed E-state index contributed by atoms with van der Waals surface area (Å²) in [6.45, 7) is 7.23. The first-order valence-electron chi connectivity index (χ1n) is 12.0. The number of hydrogen-bond acceptors (Lipinski definition) is 3. The average molecular weight is 460 g/mol. The van der Waals surface area contributed by atoms with Gasteiger partial charge in [0.05, 0.1) is 19.3 Å². The van der Waals surface area contributed by atoms with Crippen LogP contribution < -0.4 is 5.32 Å². The number of amides is 3. The first-order chi connectivity index (χ1) is 16.5. The molecule has 1 atom stereocenters. The van der Waals surface area contributed by atoms with Gasteiger partial charge in [-0.1, -0.05) is 80.6 Å². The molecule has 0 spiro atoms. The second-order valence-electron chi connectivity index (χ2n) is 9.21. The highest BCUT2D eigenvalue weighted by Gasteiger charge is 2.28. The minimum Gasteiger partial charge on any atom is -0.373 e. The number of rotatable bonds is 7. The Kier molecular flexibility index (Phi) is 7.80. The molecule has 3 amide bonds. The molecule has 1 N–H and O–H groups in total. The molecule has 4 rings (SSSR count). The van der Waals surface area contributed by atoms with Crippen LogP contribution in [0.5, 0.6) is 0 Å². The predicted octanol–water partition coefficient (Wildman–Crippen LogP) is 4.55. The Labute approximate surface area is 201 Å². The minimum atomic E-state index is -0.228. The van der Waals surface area contributed by atoms with Gasteiger partial charge in [-0.2, -0.15) is 0 Å². The van der Waals surface area contributed by atoms with Crippen LogP contribution in [0.25, 0.3) is 10.8 Å². The molecule has 1 aliphatic heterocycles. The molecule has 34 heavy (non-hydrogen) atoms. The van der Waals surface area contributed by atoms with E-state index in [-0.39, 0.29) is 18.0 Å². The van der Waals surface area contributed by atoms with Gasteiger partial charge in [-0.15, -0.1) is 0 Å². The van der Waals surface area contributed by atoms with E-state index in [1.807, 2.05) is 77.7 Å². The summed E-state index contributed by atoms with van der Waals surface area (Å²) in [7, 11) is 0. The fourth-order valence-electron chi connectivity index (χ4n) is 4.41. The third-order valence-electron chi connectivity index (χ3n) is 6.03. The predicted molar refractivity (Wildman–Crippen MR) is 135 cm³/mol. The number of fused-ring (bicyclic) bond motifs is 1. The molecule has 6 heteroatoms. The van der Waals surface area contributed by atoms with Gasteiger partial charge in [0.1, 0.15) is 0 Å². The summed E-state index contributed by atoms with van der Waals surface area (Å²) in [5.74, 6) is 0.313. The standard InChI is InChI=1S/C28H33N3O3/c1-21(2)18-31(27(32)26-14-8-12-23-11-6-7-13-25(23)26)20-24-19-30(15-16-34-24)28(33)29-17-22-9-4-3-5-10-22/h3-14,21,24H,15-20H2,1-2H3,(H,29,33)/t24-/m0/s1. The van der Waals surface area contributed by atoms with E-state index in [1.54, 1.807) is 4.90 Å². The van der Waals surface area contributed by atoms with Crippen LogP contribution in [-0.4, -0.2) is 60.6 Å². The Hall–Kier alpha value is -3.38. The summed E-state index contributed by atoms with van der Waals surface area (Å²) < 4.78 is 5.99. The van der Waals surface area contributed by atoms with Crippen LogP contribution in [0.1, 0.15) is 29.8 Å². The fraction of sp³-hybridized carbons (Fsp3) is 0.357. The zero-order chi connectivity index (χ0) is 23.9. The molecule has 0 radical (unpaired) electrons. The topological polar surface area (TPSA) is 61.9 Å². The summed E-state index contributed by atoms with van der Waals surface area (Å²) in [5.41, 5.74) is 1.76. The van der Waals surface area contributed by atoms with E-state index in [9.17, 15) is 9.59 Å². The van der Waals surface area contributed by atoms with E-state index in [1.165, 1.54) is 0 Å². The number of carbonyl (C=O) groups excluding carboxylic acids is 2. The van der Waals surface area contributed by atoms with Crippen LogP contribution in [0, 0.1) is 5.92 Å². The van der Waals surface area contributed by atoms with Crippen molar-refractivity contribution in [2.24, 2.45) is 5.92 Å². The van der Waals surface area contributed by atoms with Crippen LogP contribution in [0.15, 0.2) is 72.8 Å². The third-order valence-corrected chi connectivity index (χ3v) is 6.03. The highest BCUT2D eigenvalue weighted by molar-refractivity contribution is 6.07. The molecule has 6 nitrogen and oxygen atoms in total. The molecule has 178 valence electrons. The number of benzene rings is 3. The van der Waals surface area contributed by atoms with Gasteiger partial charge >= 0.3 is 6.03 Å². The molecule has 0 aliphatic carbocycles. The third kappa shape index (κ3) is 5.94. The van der Waals surface area contributed by atoms with E-state index in [2.05, 4.69) is 19.2 Å². The average Bonchev–Trinajstić information content (AvgIpc) is 2.86. The maximum Gasteiger partial charge on any atom is 0.317 e. The second-order valence-corrected chi connectivity index (χ2v) is 9.21. The first kappa shape index (κ1) is 23.8. The number of nitrogens with one attached hydrogen (secondary N) is 1. The van der Waals surface area contributed by atoms with Crippen molar-refractivity contribution in [1.29, 1.82) is 0 Å². The summed E-state index contributed by atoms with van der Waals surface area (Å²) >= 11 is 0. The van der Waals surface area contributed by atoms with Gasteiger partial charge in [0.2, 0.25) is 0 Å². The summed E-state index contributed by atoms with van der Waals surface area (Å²) in [5, 5.41) is 5.00. The largest absolute Gasteiger partial charge is 0.373 e. The lowest BCUT2D eigenvalue weighted by atomic mass is 10.0. The van der Waals surface area contributed by atoms with Crippen LogP contribution >= 0.6 is 0 Å². The molecule has 0 saturated carbocycles. The molecule has 3 aromatic carbocycles. The minimum absolute atomic E-state index is 0.000229. The monoisotopic (exact) mass is 459 g/mol. The quantitative estimate of drug-likeness (QED) is 0.564. The Morgan fingerprint density at radius 3 is 2.56 bits per heavy atom. The van der Waals surface area contributed by atoms with Crippen molar-refractivity contribution in [3.05, 3.63) is 83.9 Å². The molecule has 1 saturated heterocycles. The van der Waals surface area contributed by atoms with E-state index < -0.39 is 0 Å². The SMILES string of the molecule is CC(C)CN(C[C@@H]1CN(C(=O)NCc2ccccc2)CCO1)C(=O)c1cccc2ccccc12. The number of nitrogens with zero attached hydrogens (tertiary/aromatic N) is 2. The van der Waals surface area contributed by atoms with E-state index >= 15 is 0 Å². The van der Waals surface area contributed by atoms with Gasteiger partial charge in [-0.25, -0.2) is 4.79 Å². The summed E-state index contributed by atoms with van der Waals surface area (Å²) in [4.78, 5) is 30.0. The molecule has 0 bridgehead atoms. The normalized spacial score (nSPS) is 16.0. The van der Waals surface area contributed by atoms with E-state index in [0.717, 1.165) is 16.3 Å². The number of hydrogen-bond donors (Lipinski definition) is 1. The highest BCUT2D eigenvalue weighted by Crippen LogP contribution is 2.21. The smallest absolute Gasteiger partial charge is 0.317 e. The van der Waals surface area contributed by atoms with Crippen molar-refractivity contribution in [3.63, 3.8) is 0 Å². The fourth-order valence-corrected chi connectivity index (χ4v) is 4.41. The second kappa shape index (κ2) is 11.2. The Balaban J connectivity index is 1.43. The number of carbonyl (C=O) groups is 2. The molecular formula is C28H33N3O3. The molecule has 1 fully saturated rings. The number of ether oxygens (including phenoxy) is 1. The van der Waals surface area contributed by atoms with Gasteiger partial charge in [-0.05, 0) is 28.3 Å². The number of urea groups is 1. The lowest BCUT2D eigenvalue weighted by Gasteiger charge is -2.36. The zero-order valence-corrected chi connectivity index (χ0v) is 19.9. The van der Waals surface area contributed by atoms with Crippen molar-refractivity contribution in [2.75, 3.05) is 32.8 Å². The Morgan fingerprint density at radius 2 is 1.76 bits per heavy atom. The van der Waals surface area contributed by atoms with Crippen molar-refractivity contribution in [2.45, 2.75) is 26.5 Å². The highest BCUT2D eigenvalue weighted by atomic mass is 16.5. The van der Waals surface area contributed by atoms with Crippen molar-refractivity contribution < 1.29 is 14.3 Å². The van der Waals surface area contributed by atoms with Crippen molar-refractivity contribution in [1.82, 2.24) is 15.1 Å². The van der Waals surface area contributed by atoms with Crippen molar-refractivity contribution >= 4 is 22.7 Å². The van der Waals surface area contributed by atoms with Gasteiger partial charge in [0.25, 0.3) is 5.91 Å².